The summed E-state index contributed by atoms with van der Waals surface area (Å²) in [5, 5.41) is 2.89. The Morgan fingerprint density at radius 1 is 0.743 bits per heavy atom. The highest BCUT2D eigenvalue weighted by Gasteiger charge is 2.15. The van der Waals surface area contributed by atoms with Crippen LogP contribution in [0.1, 0.15) is 27.0 Å². The third-order valence-electron chi connectivity index (χ3n) is 5.88. The van der Waals surface area contributed by atoms with Crippen LogP contribution in [0.2, 0.25) is 0 Å². The van der Waals surface area contributed by atoms with Crippen LogP contribution in [-0.4, -0.2) is 15.9 Å². The molecular formula is C30H24FN3O. The summed E-state index contributed by atoms with van der Waals surface area (Å²) in [6.45, 7) is 4.42. The quantitative estimate of drug-likeness (QED) is 0.319. The molecule has 0 unspecified atom stereocenters. The second-order valence-corrected chi connectivity index (χ2v) is 8.67. The van der Waals surface area contributed by atoms with Gasteiger partial charge in [0.2, 0.25) is 0 Å². The van der Waals surface area contributed by atoms with E-state index < -0.39 is 0 Å². The van der Waals surface area contributed by atoms with Crippen molar-refractivity contribution in [1.29, 1.82) is 0 Å². The van der Waals surface area contributed by atoms with Crippen LogP contribution >= 0.6 is 0 Å². The Morgan fingerprint density at radius 2 is 1.34 bits per heavy atom. The Kier molecular flexibility index (Phi) is 6.06. The average Bonchev–Trinajstić information content (AvgIpc) is 2.87. The molecule has 4 nitrogen and oxygen atoms in total. The molecule has 0 aliphatic carbocycles. The molecular weight excluding hydrogens is 437 g/mol. The van der Waals surface area contributed by atoms with Gasteiger partial charge in [-0.15, -0.1) is 0 Å². The zero-order valence-corrected chi connectivity index (χ0v) is 19.5. The second-order valence-electron chi connectivity index (χ2n) is 8.67. The lowest BCUT2D eigenvalue weighted by atomic mass is 10.0. The van der Waals surface area contributed by atoms with Gasteiger partial charge in [0.15, 0.2) is 0 Å². The molecule has 5 heteroatoms. The summed E-state index contributed by atoms with van der Waals surface area (Å²) < 4.78 is 13.1. The van der Waals surface area contributed by atoms with Gasteiger partial charge in [0.05, 0.1) is 22.4 Å². The molecule has 0 spiro atoms. The van der Waals surface area contributed by atoms with Crippen LogP contribution in [0.3, 0.4) is 0 Å². The number of benzene rings is 4. The largest absolute Gasteiger partial charge is 0.348 e. The Labute approximate surface area is 203 Å². The van der Waals surface area contributed by atoms with Gasteiger partial charge in [-0.05, 0) is 61.9 Å². The van der Waals surface area contributed by atoms with Crippen molar-refractivity contribution in [2.24, 2.45) is 0 Å². The minimum atomic E-state index is -0.303. The molecule has 0 atom stereocenters. The van der Waals surface area contributed by atoms with Gasteiger partial charge in [0.1, 0.15) is 5.82 Å². The zero-order valence-electron chi connectivity index (χ0n) is 19.5. The van der Waals surface area contributed by atoms with E-state index >= 15 is 0 Å². The standard InChI is InChI=1S/C30H24FN3O/c1-19-5-3-7-22(15-19)28-29(23-8-4-6-20(2)16-23)34-27-17-24(11-14-26(27)33-28)30(35)32-18-21-9-12-25(31)13-10-21/h3-17H,18H2,1-2H3,(H,32,35). The fraction of sp³-hybridized carbons (Fsp3) is 0.100. The first-order valence-corrected chi connectivity index (χ1v) is 11.4. The number of aromatic nitrogens is 2. The molecule has 5 rings (SSSR count). The maximum absolute atomic E-state index is 13.1. The van der Waals surface area contributed by atoms with Gasteiger partial charge in [0.25, 0.3) is 5.91 Å². The molecule has 4 aromatic carbocycles. The lowest BCUT2D eigenvalue weighted by Gasteiger charge is -2.12. The van der Waals surface area contributed by atoms with Crippen molar-refractivity contribution >= 4 is 16.9 Å². The monoisotopic (exact) mass is 461 g/mol. The third kappa shape index (κ3) is 4.94. The molecule has 0 radical (unpaired) electrons. The van der Waals surface area contributed by atoms with E-state index in [2.05, 4.69) is 30.4 Å². The molecule has 1 N–H and O–H groups in total. The van der Waals surface area contributed by atoms with E-state index in [9.17, 15) is 9.18 Å². The van der Waals surface area contributed by atoms with Crippen molar-refractivity contribution in [2.45, 2.75) is 20.4 Å². The Balaban J connectivity index is 1.54. The summed E-state index contributed by atoms with van der Waals surface area (Å²) in [6.07, 6.45) is 0. The number of fused-ring (bicyclic) bond motifs is 1. The van der Waals surface area contributed by atoms with Crippen LogP contribution in [0.4, 0.5) is 4.39 Å². The molecule has 0 aliphatic rings. The lowest BCUT2D eigenvalue weighted by molar-refractivity contribution is 0.0951. The minimum absolute atomic E-state index is 0.224. The normalized spacial score (nSPS) is 10.9. The highest BCUT2D eigenvalue weighted by molar-refractivity contribution is 5.98. The maximum Gasteiger partial charge on any atom is 0.251 e. The first-order valence-electron chi connectivity index (χ1n) is 11.4. The molecule has 0 saturated heterocycles. The molecule has 1 aromatic heterocycles. The fourth-order valence-corrected chi connectivity index (χ4v) is 4.07. The predicted octanol–water partition coefficient (Wildman–Crippen LogP) is 6.65. The van der Waals surface area contributed by atoms with Gasteiger partial charge < -0.3 is 5.32 Å². The zero-order chi connectivity index (χ0) is 24.4. The van der Waals surface area contributed by atoms with Crippen LogP contribution < -0.4 is 5.32 Å². The summed E-state index contributed by atoms with van der Waals surface area (Å²) in [4.78, 5) is 22.8. The van der Waals surface area contributed by atoms with Crippen molar-refractivity contribution in [1.82, 2.24) is 15.3 Å². The van der Waals surface area contributed by atoms with Crippen LogP contribution in [0.25, 0.3) is 33.5 Å². The summed E-state index contributed by atoms with van der Waals surface area (Å²) in [5.74, 6) is -0.527. The highest BCUT2D eigenvalue weighted by Crippen LogP contribution is 2.32. The van der Waals surface area contributed by atoms with Crippen molar-refractivity contribution < 1.29 is 9.18 Å². The molecule has 0 fully saturated rings. The van der Waals surface area contributed by atoms with E-state index in [0.29, 0.717) is 23.1 Å². The van der Waals surface area contributed by atoms with Crippen molar-refractivity contribution in [2.75, 3.05) is 0 Å². The summed E-state index contributed by atoms with van der Waals surface area (Å²) in [6, 6.07) is 27.8. The number of hydrogen-bond donors (Lipinski definition) is 1. The molecule has 172 valence electrons. The maximum atomic E-state index is 13.1. The molecule has 5 aromatic rings. The second kappa shape index (κ2) is 9.47. The number of carbonyl (C=O) groups is 1. The summed E-state index contributed by atoms with van der Waals surface area (Å²) >= 11 is 0. The van der Waals surface area contributed by atoms with E-state index in [0.717, 1.165) is 39.2 Å². The number of halogens is 1. The van der Waals surface area contributed by atoms with E-state index in [-0.39, 0.29) is 11.7 Å². The number of amides is 1. The van der Waals surface area contributed by atoms with Gasteiger partial charge in [-0.1, -0.05) is 59.7 Å². The summed E-state index contributed by atoms with van der Waals surface area (Å²) in [5.41, 5.74) is 8.51. The molecule has 0 aliphatic heterocycles. The first-order chi connectivity index (χ1) is 17.0. The van der Waals surface area contributed by atoms with E-state index in [1.165, 1.54) is 12.1 Å². The van der Waals surface area contributed by atoms with Crippen LogP contribution in [0, 0.1) is 19.7 Å². The van der Waals surface area contributed by atoms with Crippen LogP contribution in [-0.2, 0) is 6.54 Å². The fourth-order valence-electron chi connectivity index (χ4n) is 4.07. The smallest absolute Gasteiger partial charge is 0.251 e. The number of nitrogens with one attached hydrogen (secondary N) is 1. The average molecular weight is 462 g/mol. The first kappa shape index (κ1) is 22.4. The van der Waals surface area contributed by atoms with Gasteiger partial charge in [-0.3, -0.25) is 4.79 Å². The highest BCUT2D eigenvalue weighted by atomic mass is 19.1. The summed E-state index contributed by atoms with van der Waals surface area (Å²) in [7, 11) is 0. The van der Waals surface area contributed by atoms with Crippen LogP contribution in [0.15, 0.2) is 91.0 Å². The lowest BCUT2D eigenvalue weighted by Crippen LogP contribution is -2.22. The van der Waals surface area contributed by atoms with Gasteiger partial charge in [-0.2, -0.15) is 0 Å². The van der Waals surface area contributed by atoms with Crippen molar-refractivity contribution in [3.8, 4) is 22.5 Å². The van der Waals surface area contributed by atoms with E-state index in [4.69, 9.17) is 9.97 Å². The number of aryl methyl sites for hydroxylation is 2. The van der Waals surface area contributed by atoms with Gasteiger partial charge >= 0.3 is 0 Å². The van der Waals surface area contributed by atoms with Crippen molar-refractivity contribution in [3.05, 3.63) is 119 Å². The van der Waals surface area contributed by atoms with Crippen LogP contribution in [0.5, 0.6) is 0 Å². The third-order valence-corrected chi connectivity index (χ3v) is 5.88. The van der Waals surface area contributed by atoms with Gasteiger partial charge in [0, 0.05) is 23.2 Å². The molecule has 1 heterocycles. The Bertz CT molecular complexity index is 1540. The number of rotatable bonds is 5. The topological polar surface area (TPSA) is 54.9 Å². The molecule has 0 saturated carbocycles. The Morgan fingerprint density at radius 3 is 1.94 bits per heavy atom. The number of carbonyl (C=O) groups excluding carboxylic acids is 1. The Hall–Kier alpha value is -4.38. The SMILES string of the molecule is Cc1cccc(-c2nc3ccc(C(=O)NCc4ccc(F)cc4)cc3nc2-c2cccc(C)c2)c1. The van der Waals surface area contributed by atoms with Crippen molar-refractivity contribution in [3.63, 3.8) is 0 Å². The molecule has 35 heavy (non-hydrogen) atoms. The molecule has 0 bridgehead atoms. The molecule has 1 amide bonds. The minimum Gasteiger partial charge on any atom is -0.348 e. The van der Waals surface area contributed by atoms with E-state index in [1.807, 2.05) is 43.3 Å². The van der Waals surface area contributed by atoms with Gasteiger partial charge in [-0.25, -0.2) is 14.4 Å². The number of hydrogen-bond acceptors (Lipinski definition) is 3. The number of nitrogens with zero attached hydrogens (tertiary/aromatic N) is 2. The predicted molar refractivity (Wildman–Crippen MR) is 137 cm³/mol. The van der Waals surface area contributed by atoms with E-state index in [1.54, 1.807) is 24.3 Å².